The summed E-state index contributed by atoms with van der Waals surface area (Å²) < 4.78 is 0. The van der Waals surface area contributed by atoms with Crippen LogP contribution >= 0.6 is 0 Å². The molecule has 2 aromatic rings. The highest BCUT2D eigenvalue weighted by atomic mass is 16.2. The third-order valence-electron chi connectivity index (χ3n) is 4.52. The van der Waals surface area contributed by atoms with E-state index in [-0.39, 0.29) is 17.9 Å². The quantitative estimate of drug-likeness (QED) is 0.893. The van der Waals surface area contributed by atoms with Gasteiger partial charge in [0.05, 0.1) is 11.1 Å². The van der Waals surface area contributed by atoms with Gasteiger partial charge >= 0.3 is 0 Å². The molecule has 136 valence electrons. The van der Waals surface area contributed by atoms with E-state index >= 15 is 0 Å². The van der Waals surface area contributed by atoms with Crippen molar-refractivity contribution in [3.8, 4) is 0 Å². The number of carbonyl (C=O) groups is 2. The minimum Gasteiger partial charge on any atom is -0.351 e. The number of rotatable bonds is 5. The predicted octanol–water partition coefficient (Wildman–Crippen LogP) is 1.96. The fourth-order valence-corrected chi connectivity index (χ4v) is 3.19. The maximum atomic E-state index is 13.0. The molecule has 26 heavy (non-hydrogen) atoms. The second-order valence-corrected chi connectivity index (χ2v) is 6.88. The minimum atomic E-state index is -0.219. The average Bonchev–Trinajstić information content (AvgIpc) is 2.96. The number of hydrogen-bond acceptors (Lipinski definition) is 4. The van der Waals surface area contributed by atoms with E-state index in [2.05, 4.69) is 10.3 Å². The average molecular weight is 352 g/mol. The van der Waals surface area contributed by atoms with Crippen LogP contribution in [-0.4, -0.2) is 54.9 Å². The van der Waals surface area contributed by atoms with Crippen LogP contribution in [0.4, 0.5) is 5.69 Å². The molecule has 0 spiro atoms. The number of likely N-dealkylation sites (N-methyl/N-ethyl adjacent to an activating group) is 1. The summed E-state index contributed by atoms with van der Waals surface area (Å²) in [5, 5.41) is 2.84. The predicted molar refractivity (Wildman–Crippen MR) is 102 cm³/mol. The number of benzene rings is 1. The molecule has 1 unspecified atom stereocenters. The third kappa shape index (κ3) is 3.75. The number of nitrogens with zero attached hydrogens (tertiary/aromatic N) is 3. The first-order valence-electron chi connectivity index (χ1n) is 8.77. The summed E-state index contributed by atoms with van der Waals surface area (Å²) in [6, 6.07) is 9.63. The Labute approximate surface area is 153 Å². The molecule has 6 nitrogen and oxygen atoms in total. The van der Waals surface area contributed by atoms with Crippen molar-refractivity contribution in [1.29, 1.82) is 0 Å². The second kappa shape index (κ2) is 7.66. The van der Waals surface area contributed by atoms with Gasteiger partial charge < -0.3 is 15.1 Å². The molecule has 0 aliphatic carbocycles. The van der Waals surface area contributed by atoms with Crippen molar-refractivity contribution in [2.45, 2.75) is 19.4 Å². The first-order valence-corrected chi connectivity index (χ1v) is 8.77. The highest BCUT2D eigenvalue weighted by Crippen LogP contribution is 2.32. The summed E-state index contributed by atoms with van der Waals surface area (Å²) in [4.78, 5) is 33.2. The van der Waals surface area contributed by atoms with Gasteiger partial charge in [0.25, 0.3) is 11.8 Å². The Balaban J connectivity index is 1.78. The Bertz CT molecular complexity index is 819. The van der Waals surface area contributed by atoms with E-state index in [0.29, 0.717) is 17.7 Å². The maximum absolute atomic E-state index is 13.0. The number of aromatic nitrogens is 1. The SMILES string of the molecule is CC1Cc2ccccc2N1C(=O)c1cncc(C(=O)NCCN(C)C)c1. The monoisotopic (exact) mass is 352 g/mol. The van der Waals surface area contributed by atoms with Crippen LogP contribution in [0.1, 0.15) is 33.2 Å². The van der Waals surface area contributed by atoms with E-state index < -0.39 is 0 Å². The van der Waals surface area contributed by atoms with Crippen molar-refractivity contribution in [1.82, 2.24) is 15.2 Å². The minimum absolute atomic E-state index is 0.0810. The highest BCUT2D eigenvalue weighted by molar-refractivity contribution is 6.08. The molecular weight excluding hydrogens is 328 g/mol. The molecule has 2 amide bonds. The van der Waals surface area contributed by atoms with Crippen molar-refractivity contribution in [3.63, 3.8) is 0 Å². The van der Waals surface area contributed by atoms with E-state index in [1.165, 1.54) is 18.0 Å². The van der Waals surface area contributed by atoms with E-state index in [4.69, 9.17) is 0 Å². The number of pyridine rings is 1. The molecule has 1 aliphatic rings. The van der Waals surface area contributed by atoms with Crippen LogP contribution in [0.25, 0.3) is 0 Å². The van der Waals surface area contributed by atoms with Crippen LogP contribution in [0.2, 0.25) is 0 Å². The molecule has 6 heteroatoms. The Morgan fingerprint density at radius 1 is 1.23 bits per heavy atom. The standard InChI is InChI=1S/C20H24N4O2/c1-14-10-15-6-4-5-7-18(15)24(14)20(26)17-11-16(12-21-13-17)19(25)22-8-9-23(2)3/h4-7,11-14H,8-10H2,1-3H3,(H,22,25). The summed E-state index contributed by atoms with van der Waals surface area (Å²) >= 11 is 0. The van der Waals surface area contributed by atoms with Crippen LogP contribution < -0.4 is 10.2 Å². The van der Waals surface area contributed by atoms with Gasteiger partial charge in [-0.25, -0.2) is 0 Å². The van der Waals surface area contributed by atoms with Crippen molar-refractivity contribution >= 4 is 17.5 Å². The fraction of sp³-hybridized carbons (Fsp3) is 0.350. The van der Waals surface area contributed by atoms with Gasteiger partial charge in [0.1, 0.15) is 0 Å². The van der Waals surface area contributed by atoms with Gasteiger partial charge in [-0.1, -0.05) is 18.2 Å². The second-order valence-electron chi connectivity index (χ2n) is 6.88. The molecule has 1 aromatic heterocycles. The molecule has 1 atom stereocenters. The van der Waals surface area contributed by atoms with Crippen LogP contribution in [0.5, 0.6) is 0 Å². The number of carbonyl (C=O) groups excluding carboxylic acids is 2. The molecule has 0 saturated heterocycles. The van der Waals surface area contributed by atoms with Gasteiger partial charge in [-0.2, -0.15) is 0 Å². The van der Waals surface area contributed by atoms with Crippen LogP contribution in [0, 0.1) is 0 Å². The zero-order valence-electron chi connectivity index (χ0n) is 15.4. The first kappa shape index (κ1) is 18.1. The molecule has 0 radical (unpaired) electrons. The summed E-state index contributed by atoms with van der Waals surface area (Å²) in [6.45, 7) is 3.32. The molecule has 0 saturated carbocycles. The topological polar surface area (TPSA) is 65.5 Å². The van der Waals surface area contributed by atoms with Gasteiger partial charge in [0.2, 0.25) is 0 Å². The number of anilines is 1. The molecule has 3 rings (SSSR count). The van der Waals surface area contributed by atoms with E-state index in [1.807, 2.05) is 50.2 Å². The zero-order chi connectivity index (χ0) is 18.7. The summed E-state index contributed by atoms with van der Waals surface area (Å²) in [5.41, 5.74) is 2.92. The summed E-state index contributed by atoms with van der Waals surface area (Å²) in [6.07, 6.45) is 3.84. The van der Waals surface area contributed by atoms with Gasteiger partial charge in [0.15, 0.2) is 0 Å². The lowest BCUT2D eigenvalue weighted by Gasteiger charge is -2.22. The van der Waals surface area contributed by atoms with Crippen LogP contribution in [0.15, 0.2) is 42.7 Å². The number of fused-ring (bicyclic) bond motifs is 1. The summed E-state index contributed by atoms with van der Waals surface area (Å²) in [7, 11) is 3.89. The van der Waals surface area contributed by atoms with Crippen molar-refractivity contribution in [2.24, 2.45) is 0 Å². The lowest BCUT2D eigenvalue weighted by Crippen LogP contribution is -2.36. The van der Waals surface area contributed by atoms with E-state index in [1.54, 1.807) is 11.0 Å². The Hall–Kier alpha value is -2.73. The molecule has 0 fully saturated rings. The van der Waals surface area contributed by atoms with Gasteiger partial charge in [-0.05, 0) is 45.1 Å². The Kier molecular flexibility index (Phi) is 5.32. The van der Waals surface area contributed by atoms with E-state index in [0.717, 1.165) is 18.7 Å². The fourth-order valence-electron chi connectivity index (χ4n) is 3.19. The number of nitrogens with one attached hydrogen (secondary N) is 1. The number of amides is 2. The van der Waals surface area contributed by atoms with Gasteiger partial charge in [0, 0.05) is 37.2 Å². The molecule has 2 heterocycles. The summed E-state index contributed by atoms with van der Waals surface area (Å²) in [5.74, 6) is -0.346. The van der Waals surface area contributed by atoms with Crippen molar-refractivity contribution in [3.05, 3.63) is 59.4 Å². The lowest BCUT2D eigenvalue weighted by atomic mass is 10.1. The smallest absolute Gasteiger partial charge is 0.260 e. The van der Waals surface area contributed by atoms with E-state index in [9.17, 15) is 9.59 Å². The number of para-hydroxylation sites is 1. The molecule has 1 aliphatic heterocycles. The third-order valence-corrected chi connectivity index (χ3v) is 4.52. The van der Waals surface area contributed by atoms with Crippen molar-refractivity contribution < 1.29 is 9.59 Å². The Morgan fingerprint density at radius 3 is 2.73 bits per heavy atom. The van der Waals surface area contributed by atoms with Crippen LogP contribution in [0.3, 0.4) is 0 Å². The maximum Gasteiger partial charge on any atom is 0.260 e. The largest absolute Gasteiger partial charge is 0.351 e. The zero-order valence-corrected chi connectivity index (χ0v) is 15.4. The van der Waals surface area contributed by atoms with Crippen LogP contribution in [-0.2, 0) is 6.42 Å². The molecular formula is C20H24N4O2. The molecule has 1 N–H and O–H groups in total. The first-order chi connectivity index (χ1) is 12.5. The molecule has 0 bridgehead atoms. The lowest BCUT2D eigenvalue weighted by molar-refractivity contribution is 0.0950. The van der Waals surface area contributed by atoms with Gasteiger partial charge in [-0.15, -0.1) is 0 Å². The molecule has 1 aromatic carbocycles. The normalized spacial score (nSPS) is 15.8. The van der Waals surface area contributed by atoms with Crippen molar-refractivity contribution in [2.75, 3.05) is 32.1 Å². The number of hydrogen-bond donors (Lipinski definition) is 1. The van der Waals surface area contributed by atoms with Gasteiger partial charge in [-0.3, -0.25) is 14.6 Å². The Morgan fingerprint density at radius 2 is 1.96 bits per heavy atom. The highest BCUT2D eigenvalue weighted by Gasteiger charge is 2.31.